The number of hydrogen-bond donors (Lipinski definition) is 1. The third-order valence-electron chi connectivity index (χ3n) is 4.07. The van der Waals surface area contributed by atoms with Crippen molar-refractivity contribution >= 4 is 11.9 Å². The molecule has 2 aliphatic rings. The number of morpholine rings is 1. The van der Waals surface area contributed by atoms with Crippen LogP contribution in [-0.4, -0.2) is 59.7 Å². The zero-order chi connectivity index (χ0) is 16.2. The Bertz CT molecular complexity index is 473. The van der Waals surface area contributed by atoms with E-state index in [4.69, 9.17) is 4.74 Å². The van der Waals surface area contributed by atoms with Gasteiger partial charge in [0, 0.05) is 13.1 Å². The molecule has 0 radical (unpaired) electrons. The molecule has 120 valence electrons. The van der Waals surface area contributed by atoms with Gasteiger partial charge in [-0.15, -0.1) is 13.2 Å². The Morgan fingerprint density at radius 2 is 1.77 bits per heavy atom. The van der Waals surface area contributed by atoms with Crippen LogP contribution in [0.1, 0.15) is 12.8 Å². The SMILES string of the molecule is C=CCC1(CC=C)NC(=O)N(C(C=C)N2CCOCC2)C1=O. The van der Waals surface area contributed by atoms with Crippen molar-refractivity contribution < 1.29 is 14.3 Å². The molecule has 6 heteroatoms. The predicted molar refractivity (Wildman–Crippen MR) is 84.1 cm³/mol. The summed E-state index contributed by atoms with van der Waals surface area (Å²) in [5, 5.41) is 2.81. The maximum Gasteiger partial charge on any atom is 0.326 e. The number of carbonyl (C=O) groups excluding carboxylic acids is 2. The standard InChI is InChI=1S/C16H23N3O3/c1-4-7-16(8-5-2)14(20)19(15(21)17-16)13(6-3)18-9-11-22-12-10-18/h4-6,13H,1-3,7-12H2,(H,17,21). The molecule has 0 aromatic rings. The van der Waals surface area contributed by atoms with Gasteiger partial charge < -0.3 is 10.1 Å². The molecule has 2 saturated heterocycles. The van der Waals surface area contributed by atoms with Crippen molar-refractivity contribution in [1.82, 2.24) is 15.1 Å². The fraction of sp³-hybridized carbons (Fsp3) is 0.500. The van der Waals surface area contributed by atoms with Crippen molar-refractivity contribution in [1.29, 1.82) is 0 Å². The molecular formula is C16H23N3O3. The van der Waals surface area contributed by atoms with Gasteiger partial charge in [0.25, 0.3) is 5.91 Å². The van der Waals surface area contributed by atoms with E-state index in [0.717, 1.165) is 0 Å². The van der Waals surface area contributed by atoms with E-state index in [1.807, 2.05) is 4.90 Å². The lowest BCUT2D eigenvalue weighted by atomic mass is 9.91. The number of nitrogens with zero attached hydrogens (tertiary/aromatic N) is 2. The summed E-state index contributed by atoms with van der Waals surface area (Å²) in [4.78, 5) is 28.6. The Balaban J connectivity index is 2.27. The molecule has 2 aliphatic heterocycles. The number of urea groups is 1. The molecule has 2 rings (SSSR count). The highest BCUT2D eigenvalue weighted by Crippen LogP contribution is 2.29. The van der Waals surface area contributed by atoms with Gasteiger partial charge in [0.05, 0.1) is 13.2 Å². The quantitative estimate of drug-likeness (QED) is 0.568. The molecule has 0 aromatic heterocycles. The van der Waals surface area contributed by atoms with Gasteiger partial charge in [-0.1, -0.05) is 24.8 Å². The van der Waals surface area contributed by atoms with Crippen LogP contribution in [0.25, 0.3) is 0 Å². The van der Waals surface area contributed by atoms with Crippen LogP contribution >= 0.6 is 0 Å². The van der Waals surface area contributed by atoms with E-state index in [1.54, 1.807) is 18.2 Å². The molecular weight excluding hydrogens is 282 g/mol. The fourth-order valence-electron chi connectivity index (χ4n) is 2.99. The molecule has 0 aliphatic carbocycles. The second-order valence-corrected chi connectivity index (χ2v) is 5.47. The summed E-state index contributed by atoms with van der Waals surface area (Å²) in [6, 6.07) is -0.398. The highest BCUT2D eigenvalue weighted by molar-refractivity contribution is 6.07. The molecule has 3 amide bonds. The number of amides is 3. The highest BCUT2D eigenvalue weighted by Gasteiger charge is 2.52. The lowest BCUT2D eigenvalue weighted by Gasteiger charge is -2.36. The second-order valence-electron chi connectivity index (χ2n) is 5.47. The lowest BCUT2D eigenvalue weighted by molar-refractivity contribution is -0.135. The molecule has 0 spiro atoms. The largest absolute Gasteiger partial charge is 0.379 e. The number of ether oxygens (including phenoxy) is 1. The molecule has 22 heavy (non-hydrogen) atoms. The van der Waals surface area contributed by atoms with E-state index in [2.05, 4.69) is 25.1 Å². The smallest absolute Gasteiger partial charge is 0.326 e. The minimum Gasteiger partial charge on any atom is -0.379 e. The summed E-state index contributed by atoms with van der Waals surface area (Å²) in [5.41, 5.74) is -0.978. The van der Waals surface area contributed by atoms with Gasteiger partial charge >= 0.3 is 6.03 Å². The van der Waals surface area contributed by atoms with Crippen LogP contribution in [0.4, 0.5) is 4.79 Å². The van der Waals surface area contributed by atoms with Gasteiger partial charge in [-0.25, -0.2) is 9.69 Å². The van der Waals surface area contributed by atoms with E-state index in [-0.39, 0.29) is 5.91 Å². The zero-order valence-corrected chi connectivity index (χ0v) is 12.8. The predicted octanol–water partition coefficient (Wildman–Crippen LogP) is 1.27. The third-order valence-corrected chi connectivity index (χ3v) is 4.07. The summed E-state index contributed by atoms with van der Waals surface area (Å²) in [6.07, 6.45) is 5.18. The molecule has 2 fully saturated rings. The summed E-state index contributed by atoms with van der Waals surface area (Å²) in [7, 11) is 0. The van der Waals surface area contributed by atoms with E-state index in [1.165, 1.54) is 4.90 Å². The minimum atomic E-state index is -0.978. The molecule has 6 nitrogen and oxygen atoms in total. The van der Waals surface area contributed by atoms with Crippen molar-refractivity contribution in [2.75, 3.05) is 26.3 Å². The van der Waals surface area contributed by atoms with Crippen molar-refractivity contribution in [3.05, 3.63) is 38.0 Å². The van der Waals surface area contributed by atoms with Gasteiger partial charge in [0.1, 0.15) is 11.7 Å². The number of carbonyl (C=O) groups is 2. The second kappa shape index (κ2) is 6.89. The molecule has 2 heterocycles. The molecule has 0 saturated carbocycles. The van der Waals surface area contributed by atoms with Crippen LogP contribution in [0.15, 0.2) is 38.0 Å². The Hall–Kier alpha value is -1.92. The van der Waals surface area contributed by atoms with Crippen LogP contribution in [0, 0.1) is 0 Å². The van der Waals surface area contributed by atoms with Gasteiger partial charge in [-0.05, 0) is 12.8 Å². The number of imide groups is 1. The summed E-state index contributed by atoms with van der Waals surface area (Å²) < 4.78 is 5.32. The first-order valence-electron chi connectivity index (χ1n) is 7.41. The first-order chi connectivity index (χ1) is 10.6. The van der Waals surface area contributed by atoms with Crippen molar-refractivity contribution in [2.24, 2.45) is 0 Å². The van der Waals surface area contributed by atoms with E-state index < -0.39 is 17.7 Å². The van der Waals surface area contributed by atoms with Crippen LogP contribution in [0.5, 0.6) is 0 Å². The minimum absolute atomic E-state index is 0.256. The third kappa shape index (κ3) is 2.84. The maximum absolute atomic E-state index is 12.9. The summed E-state index contributed by atoms with van der Waals surface area (Å²) >= 11 is 0. The Morgan fingerprint density at radius 1 is 1.18 bits per heavy atom. The monoisotopic (exact) mass is 305 g/mol. The van der Waals surface area contributed by atoms with E-state index in [9.17, 15) is 9.59 Å². The topological polar surface area (TPSA) is 61.9 Å². The van der Waals surface area contributed by atoms with E-state index >= 15 is 0 Å². The van der Waals surface area contributed by atoms with E-state index in [0.29, 0.717) is 39.1 Å². The van der Waals surface area contributed by atoms with Crippen LogP contribution in [-0.2, 0) is 9.53 Å². The Labute approximate surface area is 131 Å². The summed E-state index contributed by atoms with van der Waals surface area (Å²) in [5.74, 6) is -0.256. The number of nitrogens with one attached hydrogen (secondary N) is 1. The molecule has 1 N–H and O–H groups in total. The van der Waals surface area contributed by atoms with Crippen LogP contribution < -0.4 is 5.32 Å². The van der Waals surface area contributed by atoms with Crippen molar-refractivity contribution in [2.45, 2.75) is 24.5 Å². The maximum atomic E-state index is 12.9. The van der Waals surface area contributed by atoms with Crippen molar-refractivity contribution in [3.8, 4) is 0 Å². The zero-order valence-electron chi connectivity index (χ0n) is 12.8. The fourth-order valence-corrected chi connectivity index (χ4v) is 2.99. The number of rotatable bonds is 7. The average molecular weight is 305 g/mol. The van der Waals surface area contributed by atoms with Gasteiger partial charge in [0.2, 0.25) is 0 Å². The summed E-state index contributed by atoms with van der Waals surface area (Å²) in [6.45, 7) is 13.6. The molecule has 0 bridgehead atoms. The molecule has 1 unspecified atom stereocenters. The normalized spacial score (nSPS) is 23.0. The number of hydrogen-bond acceptors (Lipinski definition) is 4. The Kier molecular flexibility index (Phi) is 5.15. The highest BCUT2D eigenvalue weighted by atomic mass is 16.5. The average Bonchev–Trinajstić information content (AvgIpc) is 2.75. The van der Waals surface area contributed by atoms with Crippen molar-refractivity contribution in [3.63, 3.8) is 0 Å². The van der Waals surface area contributed by atoms with Gasteiger partial charge in [-0.2, -0.15) is 0 Å². The molecule has 1 atom stereocenters. The molecule has 0 aromatic carbocycles. The first kappa shape index (κ1) is 16.5. The van der Waals surface area contributed by atoms with Crippen LogP contribution in [0.2, 0.25) is 0 Å². The van der Waals surface area contributed by atoms with Crippen LogP contribution in [0.3, 0.4) is 0 Å². The first-order valence-corrected chi connectivity index (χ1v) is 7.41. The van der Waals surface area contributed by atoms with Gasteiger partial charge in [0.15, 0.2) is 0 Å². The van der Waals surface area contributed by atoms with Gasteiger partial charge in [-0.3, -0.25) is 9.69 Å². The lowest BCUT2D eigenvalue weighted by Crippen LogP contribution is -2.54. The Morgan fingerprint density at radius 3 is 2.27 bits per heavy atom.